The molecule has 0 aliphatic heterocycles. The Morgan fingerprint density at radius 1 is 1.05 bits per heavy atom. The average Bonchev–Trinajstić information content (AvgIpc) is 2.47. The Bertz CT molecular complexity index is 560. The molecular weight excluding hydrogens is 398 g/mol. The van der Waals surface area contributed by atoms with Crippen LogP contribution in [-0.4, -0.2) is 24.4 Å². The van der Waals surface area contributed by atoms with Crippen molar-refractivity contribution < 1.29 is 9.84 Å². The normalized spacial score (nSPS) is 12.1. The zero-order valence-electron chi connectivity index (χ0n) is 11.4. The van der Waals surface area contributed by atoms with Crippen molar-refractivity contribution in [1.29, 1.82) is 0 Å². The van der Waals surface area contributed by atoms with Gasteiger partial charge < -0.3 is 15.2 Å². The summed E-state index contributed by atoms with van der Waals surface area (Å²) in [5.41, 5.74) is 1.18. The van der Waals surface area contributed by atoms with Crippen LogP contribution in [0.1, 0.15) is 5.56 Å². The van der Waals surface area contributed by atoms with E-state index in [0.29, 0.717) is 6.54 Å². The Hall–Kier alpha value is -0.880. The van der Waals surface area contributed by atoms with Gasteiger partial charge in [0, 0.05) is 22.0 Å². The highest BCUT2D eigenvalue weighted by atomic mass is 79.9. The molecule has 0 amide bonds. The van der Waals surface area contributed by atoms with E-state index in [1.165, 1.54) is 5.56 Å². The van der Waals surface area contributed by atoms with Crippen molar-refractivity contribution in [3.05, 3.63) is 63.0 Å². The molecule has 0 saturated heterocycles. The molecule has 2 rings (SSSR count). The van der Waals surface area contributed by atoms with Crippen molar-refractivity contribution in [2.75, 3.05) is 13.2 Å². The van der Waals surface area contributed by atoms with Gasteiger partial charge in [0.1, 0.15) is 18.5 Å². The number of halogens is 2. The van der Waals surface area contributed by atoms with Crippen LogP contribution < -0.4 is 10.1 Å². The minimum Gasteiger partial charge on any atom is -0.491 e. The van der Waals surface area contributed by atoms with Gasteiger partial charge in [0.05, 0.1) is 0 Å². The fourth-order valence-electron chi connectivity index (χ4n) is 1.79. The van der Waals surface area contributed by atoms with Gasteiger partial charge in [-0.25, -0.2) is 0 Å². The lowest BCUT2D eigenvalue weighted by atomic mass is 10.2. The van der Waals surface area contributed by atoms with E-state index in [1.54, 1.807) is 0 Å². The van der Waals surface area contributed by atoms with E-state index in [1.807, 2.05) is 48.5 Å². The van der Waals surface area contributed by atoms with Gasteiger partial charge in [-0.15, -0.1) is 0 Å². The van der Waals surface area contributed by atoms with Crippen LogP contribution in [-0.2, 0) is 6.54 Å². The third-order valence-electron chi connectivity index (χ3n) is 2.86. The molecule has 0 bridgehead atoms. The summed E-state index contributed by atoms with van der Waals surface area (Å²) in [5.74, 6) is 0.747. The molecule has 0 aliphatic carbocycles. The number of benzene rings is 2. The lowest BCUT2D eigenvalue weighted by Gasteiger charge is -2.13. The number of aliphatic hydroxyl groups is 1. The van der Waals surface area contributed by atoms with E-state index in [4.69, 9.17) is 4.74 Å². The van der Waals surface area contributed by atoms with Crippen molar-refractivity contribution in [3.8, 4) is 5.75 Å². The number of hydrogen-bond donors (Lipinski definition) is 2. The highest BCUT2D eigenvalue weighted by molar-refractivity contribution is 9.10. The first kappa shape index (κ1) is 16.5. The van der Waals surface area contributed by atoms with Crippen molar-refractivity contribution in [3.63, 3.8) is 0 Å². The SMILES string of the molecule is OC(CNCc1ccc(Br)cc1)COc1cccc(Br)c1. The fraction of sp³-hybridized carbons (Fsp3) is 0.250. The van der Waals surface area contributed by atoms with Crippen molar-refractivity contribution in [2.24, 2.45) is 0 Å². The molecule has 0 aliphatic rings. The maximum Gasteiger partial charge on any atom is 0.120 e. The van der Waals surface area contributed by atoms with Gasteiger partial charge in [-0.3, -0.25) is 0 Å². The molecule has 2 aromatic carbocycles. The first-order chi connectivity index (χ1) is 10.1. The van der Waals surface area contributed by atoms with Gasteiger partial charge in [-0.1, -0.05) is 50.1 Å². The first-order valence-electron chi connectivity index (χ1n) is 6.65. The van der Waals surface area contributed by atoms with Crippen molar-refractivity contribution in [2.45, 2.75) is 12.6 Å². The van der Waals surface area contributed by atoms with Crippen molar-refractivity contribution >= 4 is 31.9 Å². The largest absolute Gasteiger partial charge is 0.491 e. The van der Waals surface area contributed by atoms with E-state index in [2.05, 4.69) is 37.2 Å². The molecule has 0 heterocycles. The smallest absolute Gasteiger partial charge is 0.120 e. The minimum atomic E-state index is -0.542. The van der Waals surface area contributed by atoms with Crippen LogP contribution in [0, 0.1) is 0 Å². The summed E-state index contributed by atoms with van der Waals surface area (Å²) in [6.45, 7) is 1.48. The van der Waals surface area contributed by atoms with Gasteiger partial charge in [0.15, 0.2) is 0 Å². The maximum absolute atomic E-state index is 9.90. The Morgan fingerprint density at radius 2 is 1.81 bits per heavy atom. The van der Waals surface area contributed by atoms with Gasteiger partial charge in [-0.05, 0) is 35.9 Å². The molecule has 0 fully saturated rings. The Morgan fingerprint density at radius 3 is 2.52 bits per heavy atom. The number of aliphatic hydroxyl groups excluding tert-OH is 1. The second kappa shape index (κ2) is 8.54. The van der Waals surface area contributed by atoms with E-state index in [0.717, 1.165) is 21.2 Å². The molecule has 0 spiro atoms. The summed E-state index contributed by atoms with van der Waals surface area (Å²) >= 11 is 6.79. The summed E-state index contributed by atoms with van der Waals surface area (Å²) in [6, 6.07) is 15.7. The zero-order chi connectivity index (χ0) is 15.1. The summed E-state index contributed by atoms with van der Waals surface area (Å²) in [7, 11) is 0. The predicted octanol–water partition coefficient (Wildman–Crippen LogP) is 3.74. The Balaban J connectivity index is 1.67. The van der Waals surface area contributed by atoms with Crippen LogP contribution in [0.2, 0.25) is 0 Å². The van der Waals surface area contributed by atoms with Gasteiger partial charge in [0.2, 0.25) is 0 Å². The van der Waals surface area contributed by atoms with Gasteiger partial charge >= 0.3 is 0 Å². The summed E-state index contributed by atoms with van der Waals surface area (Å²) < 4.78 is 7.57. The van der Waals surface area contributed by atoms with Crippen LogP contribution in [0.5, 0.6) is 5.75 Å². The zero-order valence-corrected chi connectivity index (χ0v) is 14.6. The molecule has 3 nitrogen and oxygen atoms in total. The predicted molar refractivity (Wildman–Crippen MR) is 91.5 cm³/mol. The van der Waals surface area contributed by atoms with Crippen LogP contribution in [0.15, 0.2) is 57.5 Å². The topological polar surface area (TPSA) is 41.5 Å². The molecular formula is C16H17Br2NO2. The molecule has 1 unspecified atom stereocenters. The summed E-state index contributed by atoms with van der Waals surface area (Å²) in [4.78, 5) is 0. The maximum atomic E-state index is 9.90. The molecule has 2 N–H and O–H groups in total. The number of hydrogen-bond acceptors (Lipinski definition) is 3. The third-order valence-corrected chi connectivity index (χ3v) is 3.88. The Kier molecular flexibility index (Phi) is 6.70. The van der Waals surface area contributed by atoms with E-state index in [9.17, 15) is 5.11 Å². The molecule has 5 heteroatoms. The van der Waals surface area contributed by atoms with E-state index < -0.39 is 6.10 Å². The molecule has 0 aromatic heterocycles. The molecule has 112 valence electrons. The second-order valence-electron chi connectivity index (χ2n) is 4.68. The number of rotatable bonds is 7. The van der Waals surface area contributed by atoms with Crippen LogP contribution in [0.4, 0.5) is 0 Å². The highest BCUT2D eigenvalue weighted by Gasteiger charge is 2.05. The van der Waals surface area contributed by atoms with Crippen LogP contribution in [0.25, 0.3) is 0 Å². The standard InChI is InChI=1S/C16H17Br2NO2/c17-13-6-4-12(5-7-13)9-19-10-15(20)11-21-16-3-1-2-14(18)8-16/h1-8,15,19-20H,9-11H2. The lowest BCUT2D eigenvalue weighted by Crippen LogP contribution is -2.31. The van der Waals surface area contributed by atoms with Crippen LogP contribution in [0.3, 0.4) is 0 Å². The average molecular weight is 415 g/mol. The minimum absolute atomic E-state index is 0.268. The molecule has 0 saturated carbocycles. The quantitative estimate of drug-likeness (QED) is 0.725. The summed E-state index contributed by atoms with van der Waals surface area (Å²) in [5, 5.41) is 13.1. The Labute approximate surface area is 141 Å². The van der Waals surface area contributed by atoms with Crippen molar-refractivity contribution in [1.82, 2.24) is 5.32 Å². The molecule has 2 aromatic rings. The van der Waals surface area contributed by atoms with E-state index in [-0.39, 0.29) is 6.61 Å². The molecule has 0 radical (unpaired) electrons. The lowest BCUT2D eigenvalue weighted by molar-refractivity contribution is 0.106. The van der Waals surface area contributed by atoms with E-state index >= 15 is 0 Å². The first-order valence-corrected chi connectivity index (χ1v) is 8.23. The monoisotopic (exact) mass is 413 g/mol. The van der Waals surface area contributed by atoms with Gasteiger partial charge in [0.25, 0.3) is 0 Å². The number of ether oxygens (including phenoxy) is 1. The third kappa shape index (κ3) is 6.18. The second-order valence-corrected chi connectivity index (χ2v) is 6.51. The fourth-order valence-corrected chi connectivity index (χ4v) is 2.44. The van der Waals surface area contributed by atoms with Gasteiger partial charge in [-0.2, -0.15) is 0 Å². The van der Waals surface area contributed by atoms with Crippen LogP contribution >= 0.6 is 31.9 Å². The summed E-state index contributed by atoms with van der Waals surface area (Å²) in [6.07, 6.45) is -0.542. The number of nitrogens with one attached hydrogen (secondary N) is 1. The molecule has 21 heavy (non-hydrogen) atoms. The highest BCUT2D eigenvalue weighted by Crippen LogP contribution is 2.17. The molecule has 1 atom stereocenters.